The molecule has 6 heteroatoms. The molecule has 1 aromatic heterocycles. The number of carbonyl (C=O) groups is 1. The standard InChI is InChI=1S/C23H21N5O/c24-15-20-3-1-2-4-21(20)19-7-5-18(6-8-19)17-27-11-13-28(14-12-27)23(29)22-16-25-9-10-26-22/h1-10,16H,11-14,17H2. The number of nitrogens with zero attached hydrogens (tertiary/aromatic N) is 5. The van der Waals surface area contributed by atoms with Gasteiger partial charge in [-0.15, -0.1) is 0 Å². The molecule has 4 rings (SSSR count). The summed E-state index contributed by atoms with van der Waals surface area (Å²) < 4.78 is 0. The Morgan fingerprint density at radius 3 is 2.45 bits per heavy atom. The van der Waals surface area contributed by atoms with Crippen LogP contribution in [0.3, 0.4) is 0 Å². The highest BCUT2D eigenvalue weighted by Crippen LogP contribution is 2.24. The number of nitriles is 1. The molecular weight excluding hydrogens is 362 g/mol. The van der Waals surface area contributed by atoms with Crippen LogP contribution >= 0.6 is 0 Å². The molecule has 144 valence electrons. The lowest BCUT2D eigenvalue weighted by atomic mass is 9.99. The fourth-order valence-corrected chi connectivity index (χ4v) is 3.56. The maximum atomic E-state index is 12.5. The summed E-state index contributed by atoms with van der Waals surface area (Å²) in [5.74, 6) is -0.0572. The molecule has 1 amide bonds. The lowest BCUT2D eigenvalue weighted by Gasteiger charge is -2.34. The molecule has 6 nitrogen and oxygen atoms in total. The second-order valence-corrected chi connectivity index (χ2v) is 7.01. The van der Waals surface area contributed by atoms with Gasteiger partial charge in [-0.05, 0) is 22.8 Å². The van der Waals surface area contributed by atoms with E-state index < -0.39 is 0 Å². The minimum absolute atomic E-state index is 0.0572. The Bertz CT molecular complexity index is 1020. The molecule has 1 fully saturated rings. The average Bonchev–Trinajstić information content (AvgIpc) is 2.80. The van der Waals surface area contributed by atoms with Crippen LogP contribution in [-0.4, -0.2) is 51.9 Å². The first-order valence-corrected chi connectivity index (χ1v) is 9.60. The van der Waals surface area contributed by atoms with Gasteiger partial charge >= 0.3 is 0 Å². The summed E-state index contributed by atoms with van der Waals surface area (Å²) in [4.78, 5) is 24.7. The molecule has 0 N–H and O–H groups in total. The lowest BCUT2D eigenvalue weighted by molar-refractivity contribution is 0.0622. The third-order valence-electron chi connectivity index (χ3n) is 5.16. The summed E-state index contributed by atoms with van der Waals surface area (Å²) in [6.45, 7) is 3.86. The van der Waals surface area contributed by atoms with Crippen molar-refractivity contribution in [1.82, 2.24) is 19.8 Å². The van der Waals surface area contributed by atoms with Crippen molar-refractivity contribution in [3.05, 3.63) is 83.9 Å². The van der Waals surface area contributed by atoms with Gasteiger partial charge in [0.05, 0.1) is 17.8 Å². The minimum atomic E-state index is -0.0572. The topological polar surface area (TPSA) is 73.1 Å². The van der Waals surface area contributed by atoms with Crippen molar-refractivity contribution in [2.75, 3.05) is 26.2 Å². The summed E-state index contributed by atoms with van der Waals surface area (Å²) in [6.07, 6.45) is 4.63. The molecule has 3 aromatic rings. The Labute approximate surface area is 170 Å². The third kappa shape index (κ3) is 4.31. The van der Waals surface area contributed by atoms with Crippen molar-refractivity contribution in [3.8, 4) is 17.2 Å². The first kappa shape index (κ1) is 18.8. The van der Waals surface area contributed by atoms with Crippen LogP contribution in [-0.2, 0) is 6.54 Å². The average molecular weight is 383 g/mol. The van der Waals surface area contributed by atoms with Gasteiger partial charge < -0.3 is 4.90 Å². The summed E-state index contributed by atoms with van der Waals surface area (Å²) >= 11 is 0. The highest BCUT2D eigenvalue weighted by molar-refractivity contribution is 5.92. The molecule has 0 aliphatic carbocycles. The molecule has 1 saturated heterocycles. The number of hydrogen-bond donors (Lipinski definition) is 0. The zero-order chi connectivity index (χ0) is 20.1. The Balaban J connectivity index is 1.35. The first-order valence-electron chi connectivity index (χ1n) is 9.60. The first-order chi connectivity index (χ1) is 14.2. The second kappa shape index (κ2) is 8.63. The van der Waals surface area contributed by atoms with E-state index in [2.05, 4.69) is 45.2 Å². The van der Waals surface area contributed by atoms with Gasteiger partial charge in [-0.25, -0.2) is 4.98 Å². The van der Waals surface area contributed by atoms with Gasteiger partial charge in [0.1, 0.15) is 5.69 Å². The van der Waals surface area contributed by atoms with E-state index in [0.29, 0.717) is 24.3 Å². The van der Waals surface area contributed by atoms with Crippen LogP contribution in [0.4, 0.5) is 0 Å². The van der Waals surface area contributed by atoms with E-state index >= 15 is 0 Å². The van der Waals surface area contributed by atoms with Crippen LogP contribution in [0, 0.1) is 11.3 Å². The van der Waals surface area contributed by atoms with Gasteiger partial charge in [-0.3, -0.25) is 14.7 Å². The lowest BCUT2D eigenvalue weighted by Crippen LogP contribution is -2.48. The number of amides is 1. The van der Waals surface area contributed by atoms with Crippen LogP contribution < -0.4 is 0 Å². The van der Waals surface area contributed by atoms with Crippen molar-refractivity contribution in [2.45, 2.75) is 6.54 Å². The van der Waals surface area contributed by atoms with Gasteiger partial charge in [0, 0.05) is 45.1 Å². The van der Waals surface area contributed by atoms with Crippen LogP contribution in [0.1, 0.15) is 21.6 Å². The second-order valence-electron chi connectivity index (χ2n) is 7.01. The Morgan fingerprint density at radius 2 is 1.76 bits per heavy atom. The predicted molar refractivity (Wildman–Crippen MR) is 110 cm³/mol. The molecule has 2 aromatic carbocycles. The largest absolute Gasteiger partial charge is 0.335 e. The minimum Gasteiger partial charge on any atom is -0.335 e. The van der Waals surface area contributed by atoms with Gasteiger partial charge in [0.25, 0.3) is 5.91 Å². The van der Waals surface area contributed by atoms with Crippen molar-refractivity contribution in [2.24, 2.45) is 0 Å². The van der Waals surface area contributed by atoms with Crippen LogP contribution in [0.5, 0.6) is 0 Å². The molecule has 1 aliphatic heterocycles. The molecule has 0 atom stereocenters. The molecule has 0 bridgehead atoms. The van der Waals surface area contributed by atoms with E-state index in [9.17, 15) is 10.1 Å². The molecule has 2 heterocycles. The quantitative estimate of drug-likeness (QED) is 0.693. The van der Waals surface area contributed by atoms with E-state index in [0.717, 1.165) is 30.8 Å². The molecule has 0 spiro atoms. The SMILES string of the molecule is N#Cc1ccccc1-c1ccc(CN2CCN(C(=O)c3cnccn3)CC2)cc1. The number of aromatic nitrogens is 2. The predicted octanol–water partition coefficient (Wildman–Crippen LogP) is 2.97. The van der Waals surface area contributed by atoms with E-state index in [1.54, 1.807) is 12.4 Å². The van der Waals surface area contributed by atoms with Crippen molar-refractivity contribution < 1.29 is 4.79 Å². The van der Waals surface area contributed by atoms with E-state index in [1.807, 2.05) is 29.2 Å². The highest BCUT2D eigenvalue weighted by atomic mass is 16.2. The third-order valence-corrected chi connectivity index (χ3v) is 5.16. The van der Waals surface area contributed by atoms with Crippen molar-refractivity contribution >= 4 is 5.91 Å². The number of hydrogen-bond acceptors (Lipinski definition) is 5. The zero-order valence-corrected chi connectivity index (χ0v) is 16.0. The Morgan fingerprint density at radius 1 is 1.00 bits per heavy atom. The van der Waals surface area contributed by atoms with Gasteiger partial charge in [0.15, 0.2) is 0 Å². The van der Waals surface area contributed by atoms with Crippen molar-refractivity contribution in [3.63, 3.8) is 0 Å². The summed E-state index contributed by atoms with van der Waals surface area (Å²) in [5.41, 5.74) is 4.30. The number of carbonyl (C=O) groups excluding carboxylic acids is 1. The summed E-state index contributed by atoms with van der Waals surface area (Å²) in [6, 6.07) is 18.3. The van der Waals surface area contributed by atoms with E-state index in [4.69, 9.17) is 0 Å². The van der Waals surface area contributed by atoms with Gasteiger partial charge in [-0.2, -0.15) is 5.26 Å². The number of piperazine rings is 1. The fourth-order valence-electron chi connectivity index (χ4n) is 3.56. The Hall–Kier alpha value is -3.56. The number of benzene rings is 2. The molecule has 1 aliphatic rings. The Kier molecular flexibility index (Phi) is 5.59. The molecule has 0 radical (unpaired) electrons. The fraction of sp³-hybridized carbons (Fsp3) is 0.217. The summed E-state index contributed by atoms with van der Waals surface area (Å²) in [5, 5.41) is 9.29. The van der Waals surface area contributed by atoms with Crippen LogP contribution in [0.2, 0.25) is 0 Å². The van der Waals surface area contributed by atoms with E-state index in [1.165, 1.54) is 11.8 Å². The maximum absolute atomic E-state index is 12.5. The molecular formula is C23H21N5O. The van der Waals surface area contributed by atoms with Gasteiger partial charge in [-0.1, -0.05) is 42.5 Å². The monoisotopic (exact) mass is 383 g/mol. The normalized spacial score (nSPS) is 14.4. The van der Waals surface area contributed by atoms with Gasteiger partial charge in [0.2, 0.25) is 0 Å². The van der Waals surface area contributed by atoms with Crippen LogP contribution in [0.25, 0.3) is 11.1 Å². The molecule has 0 unspecified atom stereocenters. The zero-order valence-electron chi connectivity index (χ0n) is 16.0. The van der Waals surface area contributed by atoms with Crippen LogP contribution in [0.15, 0.2) is 67.1 Å². The summed E-state index contributed by atoms with van der Waals surface area (Å²) in [7, 11) is 0. The maximum Gasteiger partial charge on any atom is 0.274 e. The van der Waals surface area contributed by atoms with Crippen molar-refractivity contribution in [1.29, 1.82) is 5.26 Å². The van der Waals surface area contributed by atoms with E-state index in [-0.39, 0.29) is 5.91 Å². The molecule has 0 saturated carbocycles. The number of rotatable bonds is 4. The highest BCUT2D eigenvalue weighted by Gasteiger charge is 2.23. The smallest absolute Gasteiger partial charge is 0.274 e. The molecule has 29 heavy (non-hydrogen) atoms.